The van der Waals surface area contributed by atoms with Crippen LogP contribution in [-0.4, -0.2) is 10.9 Å². The highest BCUT2D eigenvalue weighted by Gasteiger charge is 2.25. The first-order valence-corrected chi connectivity index (χ1v) is 7.66. The molecule has 1 aromatic heterocycles. The second-order valence-corrected chi connectivity index (χ2v) is 6.23. The van der Waals surface area contributed by atoms with Crippen molar-refractivity contribution in [2.75, 3.05) is 5.32 Å². The molecule has 3 rings (SSSR count). The fraction of sp³-hybridized carbons (Fsp3) is 0.333. The Balaban J connectivity index is 1.84. The molecule has 0 aliphatic carbocycles. The molecule has 0 spiro atoms. The minimum absolute atomic E-state index is 0.0388. The van der Waals surface area contributed by atoms with Crippen LogP contribution in [0.1, 0.15) is 47.2 Å². The maximum Gasteiger partial charge on any atom is 0.255 e. The summed E-state index contributed by atoms with van der Waals surface area (Å²) in [5, 5.41) is 6.37. The van der Waals surface area contributed by atoms with Gasteiger partial charge in [-0.2, -0.15) is 0 Å². The Kier molecular flexibility index (Phi) is 3.84. The van der Waals surface area contributed by atoms with Gasteiger partial charge in [0.05, 0.1) is 5.56 Å². The molecule has 2 aromatic rings. The Morgan fingerprint density at radius 2 is 2.00 bits per heavy atom. The molecule has 1 atom stereocenters. The number of amides is 1. The number of benzene rings is 1. The number of aromatic nitrogens is 1. The topological polar surface area (TPSA) is 54.0 Å². The van der Waals surface area contributed by atoms with Gasteiger partial charge in [0.25, 0.3) is 5.91 Å². The summed E-state index contributed by atoms with van der Waals surface area (Å²) in [7, 11) is 0. The van der Waals surface area contributed by atoms with E-state index in [1.165, 1.54) is 0 Å². The van der Waals surface area contributed by atoms with Crippen LogP contribution >= 0.6 is 0 Å². The summed E-state index contributed by atoms with van der Waals surface area (Å²) in [4.78, 5) is 16.8. The SMILES string of the molecule is Cc1cccc2c1C(=O)NC(c1ccc(CC(C)C)nc1)N2. The molecule has 0 fully saturated rings. The standard InChI is InChI=1S/C18H21N3O/c1-11(2)9-14-8-7-13(10-19-14)17-20-15-6-4-5-12(3)16(15)18(22)21-17/h4-8,10-11,17,20H,9H2,1-3H3,(H,21,22). The van der Waals surface area contributed by atoms with Crippen LogP contribution in [0.3, 0.4) is 0 Å². The molecule has 1 aromatic carbocycles. The highest BCUT2D eigenvalue weighted by molar-refractivity contribution is 6.03. The van der Waals surface area contributed by atoms with E-state index in [1.54, 1.807) is 0 Å². The van der Waals surface area contributed by atoms with Crippen LogP contribution in [-0.2, 0) is 6.42 Å². The van der Waals surface area contributed by atoms with E-state index < -0.39 is 0 Å². The average molecular weight is 295 g/mol. The lowest BCUT2D eigenvalue weighted by Crippen LogP contribution is -2.39. The van der Waals surface area contributed by atoms with Gasteiger partial charge in [0, 0.05) is 23.1 Å². The lowest BCUT2D eigenvalue weighted by atomic mass is 10.0. The molecule has 1 aliphatic rings. The maximum absolute atomic E-state index is 12.3. The van der Waals surface area contributed by atoms with Gasteiger partial charge in [0.15, 0.2) is 0 Å². The molecule has 0 radical (unpaired) electrons. The Hall–Kier alpha value is -2.36. The van der Waals surface area contributed by atoms with Gasteiger partial charge in [-0.05, 0) is 37.0 Å². The van der Waals surface area contributed by atoms with Crippen LogP contribution in [0.15, 0.2) is 36.5 Å². The number of carbonyl (C=O) groups is 1. The Morgan fingerprint density at radius 1 is 1.18 bits per heavy atom. The first-order chi connectivity index (χ1) is 10.5. The predicted molar refractivity (Wildman–Crippen MR) is 87.8 cm³/mol. The minimum atomic E-state index is -0.234. The van der Waals surface area contributed by atoms with Crippen LogP contribution in [0.4, 0.5) is 5.69 Å². The van der Waals surface area contributed by atoms with Gasteiger partial charge < -0.3 is 10.6 Å². The third-order valence-corrected chi connectivity index (χ3v) is 3.87. The van der Waals surface area contributed by atoms with E-state index in [2.05, 4.69) is 29.5 Å². The highest BCUT2D eigenvalue weighted by atomic mass is 16.2. The molecule has 0 saturated heterocycles. The number of nitrogens with zero attached hydrogens (tertiary/aromatic N) is 1. The number of rotatable bonds is 3. The molecule has 4 heteroatoms. The Morgan fingerprint density at radius 3 is 2.68 bits per heavy atom. The molecule has 2 N–H and O–H groups in total. The van der Waals surface area contributed by atoms with Crippen molar-refractivity contribution in [1.29, 1.82) is 0 Å². The molecule has 2 heterocycles. The fourth-order valence-electron chi connectivity index (χ4n) is 2.80. The second kappa shape index (κ2) is 5.79. The largest absolute Gasteiger partial charge is 0.361 e. The summed E-state index contributed by atoms with van der Waals surface area (Å²) in [6, 6.07) is 9.91. The van der Waals surface area contributed by atoms with E-state index in [9.17, 15) is 4.79 Å². The van der Waals surface area contributed by atoms with E-state index in [-0.39, 0.29) is 12.1 Å². The summed E-state index contributed by atoms with van der Waals surface area (Å²) in [5.41, 5.74) is 4.62. The van der Waals surface area contributed by atoms with Crippen molar-refractivity contribution >= 4 is 11.6 Å². The zero-order chi connectivity index (χ0) is 15.7. The van der Waals surface area contributed by atoms with Gasteiger partial charge in [-0.3, -0.25) is 9.78 Å². The number of hydrogen-bond acceptors (Lipinski definition) is 3. The average Bonchev–Trinajstić information content (AvgIpc) is 2.47. The molecule has 4 nitrogen and oxygen atoms in total. The van der Waals surface area contributed by atoms with Crippen molar-refractivity contribution < 1.29 is 4.79 Å². The number of hydrogen-bond donors (Lipinski definition) is 2. The zero-order valence-electron chi connectivity index (χ0n) is 13.2. The predicted octanol–water partition coefficient (Wildman–Crippen LogP) is 3.44. The van der Waals surface area contributed by atoms with Crippen molar-refractivity contribution in [2.45, 2.75) is 33.4 Å². The van der Waals surface area contributed by atoms with E-state index in [4.69, 9.17) is 0 Å². The van der Waals surface area contributed by atoms with Crippen molar-refractivity contribution in [3.63, 3.8) is 0 Å². The van der Waals surface area contributed by atoms with E-state index in [0.717, 1.165) is 34.5 Å². The van der Waals surface area contributed by atoms with Gasteiger partial charge in [-0.15, -0.1) is 0 Å². The third-order valence-electron chi connectivity index (χ3n) is 3.87. The monoisotopic (exact) mass is 295 g/mol. The number of anilines is 1. The molecular weight excluding hydrogens is 274 g/mol. The quantitative estimate of drug-likeness (QED) is 0.912. The first kappa shape index (κ1) is 14.6. The summed E-state index contributed by atoms with van der Waals surface area (Å²) in [6.07, 6.45) is 2.57. The summed E-state index contributed by atoms with van der Waals surface area (Å²) < 4.78 is 0. The molecule has 0 bridgehead atoms. The molecule has 1 unspecified atom stereocenters. The van der Waals surface area contributed by atoms with Gasteiger partial charge in [-0.1, -0.05) is 32.0 Å². The Bertz CT molecular complexity index is 692. The van der Waals surface area contributed by atoms with Gasteiger partial charge in [-0.25, -0.2) is 0 Å². The van der Waals surface area contributed by atoms with Crippen molar-refractivity contribution in [1.82, 2.24) is 10.3 Å². The molecule has 114 valence electrons. The lowest BCUT2D eigenvalue weighted by Gasteiger charge is -2.29. The number of aryl methyl sites for hydroxylation is 1. The lowest BCUT2D eigenvalue weighted by molar-refractivity contribution is 0.0935. The second-order valence-electron chi connectivity index (χ2n) is 6.23. The molecule has 0 saturated carbocycles. The normalized spacial score (nSPS) is 16.9. The van der Waals surface area contributed by atoms with Crippen LogP contribution < -0.4 is 10.6 Å². The van der Waals surface area contributed by atoms with Crippen LogP contribution in [0.2, 0.25) is 0 Å². The van der Waals surface area contributed by atoms with E-state index in [0.29, 0.717) is 5.92 Å². The summed E-state index contributed by atoms with van der Waals surface area (Å²) in [5.74, 6) is 0.545. The number of nitrogens with one attached hydrogen (secondary N) is 2. The minimum Gasteiger partial charge on any atom is -0.361 e. The van der Waals surface area contributed by atoms with Crippen molar-refractivity contribution in [3.8, 4) is 0 Å². The fourth-order valence-corrected chi connectivity index (χ4v) is 2.80. The molecular formula is C18H21N3O. The highest BCUT2D eigenvalue weighted by Crippen LogP contribution is 2.28. The van der Waals surface area contributed by atoms with Gasteiger partial charge >= 0.3 is 0 Å². The van der Waals surface area contributed by atoms with Crippen LogP contribution in [0.5, 0.6) is 0 Å². The van der Waals surface area contributed by atoms with Crippen LogP contribution in [0, 0.1) is 12.8 Å². The molecule has 22 heavy (non-hydrogen) atoms. The van der Waals surface area contributed by atoms with Gasteiger partial charge in [0.1, 0.15) is 6.17 Å². The summed E-state index contributed by atoms with van der Waals surface area (Å²) in [6.45, 7) is 6.30. The number of fused-ring (bicyclic) bond motifs is 1. The molecule has 1 aliphatic heterocycles. The summed E-state index contributed by atoms with van der Waals surface area (Å²) >= 11 is 0. The van der Waals surface area contributed by atoms with Crippen molar-refractivity contribution in [3.05, 3.63) is 58.9 Å². The first-order valence-electron chi connectivity index (χ1n) is 7.66. The maximum atomic E-state index is 12.3. The van der Waals surface area contributed by atoms with E-state index >= 15 is 0 Å². The Labute approximate surface area is 131 Å². The smallest absolute Gasteiger partial charge is 0.255 e. The van der Waals surface area contributed by atoms with E-state index in [1.807, 2.05) is 43.5 Å². The number of pyridine rings is 1. The number of carbonyl (C=O) groups excluding carboxylic acids is 1. The molecule has 1 amide bonds. The van der Waals surface area contributed by atoms with Gasteiger partial charge in [0.2, 0.25) is 0 Å². The zero-order valence-corrected chi connectivity index (χ0v) is 13.2. The third kappa shape index (κ3) is 2.82. The van der Waals surface area contributed by atoms with Crippen molar-refractivity contribution in [2.24, 2.45) is 5.92 Å². The van der Waals surface area contributed by atoms with Crippen LogP contribution in [0.25, 0.3) is 0 Å².